The molecule has 2 aromatic carbocycles. The molecule has 1 aliphatic carbocycles. The lowest BCUT2D eigenvalue weighted by atomic mass is 9.94. The number of anilines is 1. The second kappa shape index (κ2) is 10.9. The molecule has 0 unspecified atom stereocenters. The van der Waals surface area contributed by atoms with E-state index in [2.05, 4.69) is 78.0 Å². The number of hydrogen-bond donors (Lipinski definition) is 1. The summed E-state index contributed by atoms with van der Waals surface area (Å²) < 4.78 is 8.69. The van der Waals surface area contributed by atoms with Gasteiger partial charge in [-0.25, -0.2) is 0 Å². The minimum atomic E-state index is -0.0532. The monoisotopic (exact) mass is 536 g/mol. The Kier molecular flexibility index (Phi) is 7.13. The molecule has 0 bridgehead atoms. The van der Waals surface area contributed by atoms with E-state index in [1.165, 1.54) is 54.6 Å². The van der Waals surface area contributed by atoms with E-state index in [4.69, 9.17) is 21.9 Å². The fourth-order valence-corrected chi connectivity index (χ4v) is 6.72. The van der Waals surface area contributed by atoms with Gasteiger partial charge in [0.25, 0.3) is 0 Å². The average molecular weight is 537 g/mol. The van der Waals surface area contributed by atoms with Crippen molar-refractivity contribution in [2.24, 2.45) is 0 Å². The maximum atomic E-state index is 6.10. The highest BCUT2D eigenvalue weighted by atomic mass is 32.1. The van der Waals surface area contributed by atoms with Gasteiger partial charge in [0, 0.05) is 29.3 Å². The summed E-state index contributed by atoms with van der Waals surface area (Å²) in [6.45, 7) is 6.61. The van der Waals surface area contributed by atoms with E-state index in [1.54, 1.807) is 0 Å². The molecule has 200 valence electrons. The number of ether oxygens (including phenoxy) is 1. The SMILES string of the molecule is Cc1ccc(Oc2ccc(N3C(=S)N[C@@H](c4ccccn4)[C@H]3c3cc(C)n(C4CCCCC4)c3C)cc2)cc1. The number of pyridine rings is 1. The number of nitrogens with zero attached hydrogens (tertiary/aromatic N) is 3. The van der Waals surface area contributed by atoms with Crippen LogP contribution in [0.4, 0.5) is 5.69 Å². The van der Waals surface area contributed by atoms with Gasteiger partial charge in [0.2, 0.25) is 0 Å². The summed E-state index contributed by atoms with van der Waals surface area (Å²) in [5.74, 6) is 1.63. The second-order valence-corrected chi connectivity index (χ2v) is 11.3. The summed E-state index contributed by atoms with van der Waals surface area (Å²) in [6.07, 6.45) is 8.35. The van der Waals surface area contributed by atoms with Crippen LogP contribution in [0.2, 0.25) is 0 Å². The van der Waals surface area contributed by atoms with Crippen molar-refractivity contribution in [2.75, 3.05) is 4.90 Å². The largest absolute Gasteiger partial charge is 0.457 e. The van der Waals surface area contributed by atoms with E-state index in [9.17, 15) is 0 Å². The summed E-state index contributed by atoms with van der Waals surface area (Å²) in [5, 5.41) is 4.33. The first kappa shape index (κ1) is 25.6. The van der Waals surface area contributed by atoms with Gasteiger partial charge in [-0.05, 0) is 106 Å². The molecular weight excluding hydrogens is 500 g/mol. The zero-order chi connectivity index (χ0) is 26.9. The summed E-state index contributed by atoms with van der Waals surface area (Å²) >= 11 is 5.98. The van der Waals surface area contributed by atoms with Crippen LogP contribution >= 0.6 is 12.2 Å². The van der Waals surface area contributed by atoms with Crippen molar-refractivity contribution in [1.82, 2.24) is 14.9 Å². The van der Waals surface area contributed by atoms with Gasteiger partial charge in [0.05, 0.1) is 17.8 Å². The molecule has 3 heterocycles. The molecule has 2 aliphatic rings. The third kappa shape index (κ3) is 5.06. The first-order valence-corrected chi connectivity index (χ1v) is 14.4. The molecule has 2 atom stereocenters. The maximum absolute atomic E-state index is 6.10. The minimum Gasteiger partial charge on any atom is -0.457 e. The number of rotatable bonds is 6. The molecule has 5 nitrogen and oxygen atoms in total. The van der Waals surface area contributed by atoms with Gasteiger partial charge in [0.15, 0.2) is 5.11 Å². The number of thiocarbonyl (C=S) groups is 1. The van der Waals surface area contributed by atoms with Crippen LogP contribution in [0.1, 0.15) is 78.4 Å². The summed E-state index contributed by atoms with van der Waals surface area (Å²) in [7, 11) is 0. The van der Waals surface area contributed by atoms with E-state index < -0.39 is 0 Å². The lowest BCUT2D eigenvalue weighted by Gasteiger charge is -2.30. The maximum Gasteiger partial charge on any atom is 0.174 e. The van der Waals surface area contributed by atoms with Gasteiger partial charge >= 0.3 is 0 Å². The van der Waals surface area contributed by atoms with Crippen molar-refractivity contribution in [3.05, 3.63) is 107 Å². The summed E-state index contributed by atoms with van der Waals surface area (Å²) in [5.41, 5.74) is 7.21. The smallest absolute Gasteiger partial charge is 0.174 e. The number of benzene rings is 2. The number of nitrogens with one attached hydrogen (secondary N) is 1. The highest BCUT2D eigenvalue weighted by Gasteiger charge is 2.42. The fourth-order valence-electron chi connectivity index (χ4n) is 6.37. The van der Waals surface area contributed by atoms with Gasteiger partial charge in [-0.15, -0.1) is 0 Å². The number of aromatic nitrogens is 2. The van der Waals surface area contributed by atoms with Crippen LogP contribution in [0.5, 0.6) is 11.5 Å². The van der Waals surface area contributed by atoms with Crippen molar-refractivity contribution >= 4 is 23.0 Å². The Balaban J connectivity index is 1.37. The Bertz CT molecular complexity index is 1440. The molecule has 6 rings (SSSR count). The van der Waals surface area contributed by atoms with Gasteiger partial charge in [0.1, 0.15) is 11.5 Å². The molecule has 6 heteroatoms. The van der Waals surface area contributed by atoms with Crippen LogP contribution in [-0.2, 0) is 0 Å². The number of hydrogen-bond acceptors (Lipinski definition) is 3. The molecule has 1 N–H and O–H groups in total. The average Bonchev–Trinajstić information content (AvgIpc) is 3.46. The van der Waals surface area contributed by atoms with E-state index in [0.29, 0.717) is 11.2 Å². The van der Waals surface area contributed by atoms with E-state index in [-0.39, 0.29) is 12.1 Å². The molecule has 4 aromatic rings. The predicted octanol–water partition coefficient (Wildman–Crippen LogP) is 8.28. The van der Waals surface area contributed by atoms with Crippen LogP contribution in [0.15, 0.2) is 79.0 Å². The Morgan fingerprint density at radius 2 is 1.56 bits per heavy atom. The quantitative estimate of drug-likeness (QED) is 0.251. The van der Waals surface area contributed by atoms with Crippen LogP contribution < -0.4 is 15.0 Å². The molecule has 2 fully saturated rings. The normalized spacial score (nSPS) is 19.8. The third-order valence-corrected chi connectivity index (χ3v) is 8.57. The number of aryl methyl sites for hydroxylation is 2. The Morgan fingerprint density at radius 1 is 0.872 bits per heavy atom. The standard InChI is InChI=1S/C33H36N4OS/c1-22-12-16-27(17-13-22)38-28-18-14-26(15-19-28)37-32(31(35-33(37)39)30-11-7-8-20-34-30)29-21-23(2)36(24(29)3)25-9-5-4-6-10-25/h7-8,11-21,25,31-32H,4-6,9-10H2,1-3H3,(H,35,39)/t31-,32+/m0/s1. The van der Waals surface area contributed by atoms with Gasteiger partial charge in [-0.1, -0.05) is 43.0 Å². The zero-order valence-electron chi connectivity index (χ0n) is 22.9. The molecule has 0 radical (unpaired) electrons. The van der Waals surface area contributed by atoms with Gasteiger partial charge in [-0.3, -0.25) is 4.98 Å². The molecule has 0 spiro atoms. The van der Waals surface area contributed by atoms with Crippen molar-refractivity contribution < 1.29 is 4.74 Å². The molecule has 1 saturated heterocycles. The van der Waals surface area contributed by atoms with Crippen LogP contribution in [0.3, 0.4) is 0 Å². The summed E-state index contributed by atoms with van der Waals surface area (Å²) in [4.78, 5) is 7.00. The molecule has 0 amide bonds. The predicted molar refractivity (Wildman–Crippen MR) is 162 cm³/mol. The Labute approximate surface area is 236 Å². The fraction of sp³-hybridized carbons (Fsp3) is 0.333. The van der Waals surface area contributed by atoms with Gasteiger partial charge < -0.3 is 19.5 Å². The van der Waals surface area contributed by atoms with E-state index in [0.717, 1.165) is 22.9 Å². The van der Waals surface area contributed by atoms with E-state index in [1.807, 2.05) is 36.5 Å². The molecule has 1 aliphatic heterocycles. The van der Waals surface area contributed by atoms with Gasteiger partial charge in [-0.2, -0.15) is 0 Å². The van der Waals surface area contributed by atoms with Crippen LogP contribution in [-0.4, -0.2) is 14.7 Å². The molecule has 2 aromatic heterocycles. The van der Waals surface area contributed by atoms with Crippen molar-refractivity contribution in [3.8, 4) is 11.5 Å². The summed E-state index contributed by atoms with van der Waals surface area (Å²) in [6, 6.07) is 25.4. The molecule has 1 saturated carbocycles. The lowest BCUT2D eigenvalue weighted by Crippen LogP contribution is -2.29. The molecular formula is C33H36N4OS. The third-order valence-electron chi connectivity index (χ3n) is 8.25. The van der Waals surface area contributed by atoms with Crippen LogP contribution in [0.25, 0.3) is 0 Å². The van der Waals surface area contributed by atoms with Crippen molar-refractivity contribution in [1.29, 1.82) is 0 Å². The van der Waals surface area contributed by atoms with Crippen molar-refractivity contribution in [2.45, 2.75) is 71.0 Å². The minimum absolute atomic E-state index is 0.0141. The Hall–Kier alpha value is -3.64. The molecule has 39 heavy (non-hydrogen) atoms. The lowest BCUT2D eigenvalue weighted by molar-refractivity contribution is 0.345. The highest BCUT2D eigenvalue weighted by Crippen LogP contribution is 2.45. The first-order chi connectivity index (χ1) is 19.0. The first-order valence-electron chi connectivity index (χ1n) is 14.0. The van der Waals surface area contributed by atoms with E-state index >= 15 is 0 Å². The Morgan fingerprint density at radius 3 is 2.23 bits per heavy atom. The second-order valence-electron chi connectivity index (χ2n) is 10.9. The van der Waals surface area contributed by atoms with Crippen LogP contribution in [0, 0.1) is 20.8 Å². The highest BCUT2D eigenvalue weighted by molar-refractivity contribution is 7.80. The topological polar surface area (TPSA) is 42.3 Å². The zero-order valence-corrected chi connectivity index (χ0v) is 23.7. The van der Waals surface area contributed by atoms with Crippen molar-refractivity contribution in [3.63, 3.8) is 0 Å².